The molecule has 78 valence electrons. The van der Waals surface area contributed by atoms with Crippen LogP contribution in [0.3, 0.4) is 0 Å². The fourth-order valence-corrected chi connectivity index (χ4v) is 1.40. The van der Waals surface area contributed by atoms with Gasteiger partial charge in [-0.05, 0) is 38.0 Å². The molecule has 0 aromatic heterocycles. The normalized spacial score (nSPS) is 11.5. The average molecular weight is 200 g/mol. The molecule has 0 amide bonds. The van der Waals surface area contributed by atoms with Gasteiger partial charge in [-0.1, -0.05) is 12.1 Å². The molecule has 0 saturated carbocycles. The van der Waals surface area contributed by atoms with E-state index in [0.717, 1.165) is 18.5 Å². The summed E-state index contributed by atoms with van der Waals surface area (Å²) < 4.78 is 0. The van der Waals surface area contributed by atoms with Gasteiger partial charge in [-0.25, -0.2) is 0 Å². The molecule has 15 heavy (non-hydrogen) atoms. The van der Waals surface area contributed by atoms with Crippen LogP contribution in [0.2, 0.25) is 0 Å². The third-order valence-corrected chi connectivity index (χ3v) is 2.21. The Hall–Kier alpha value is -1.75. The van der Waals surface area contributed by atoms with Gasteiger partial charge >= 0.3 is 0 Å². The molecule has 0 spiro atoms. The van der Waals surface area contributed by atoms with Crippen LogP contribution in [-0.2, 0) is 0 Å². The highest BCUT2D eigenvalue weighted by molar-refractivity contribution is 5.49. The standard InChI is InChI=1S/C13H16N2/c1-3-4-6-11(2)15-13-8-5-7-12(9-13)10-14/h3,5,7-9,11,15H,1,4,6H2,2H3/t11-/m1/s1. The van der Waals surface area contributed by atoms with Gasteiger partial charge < -0.3 is 5.32 Å². The fraction of sp³-hybridized carbons (Fsp3) is 0.308. The molecule has 0 saturated heterocycles. The first-order chi connectivity index (χ1) is 7.26. The van der Waals surface area contributed by atoms with E-state index in [0.29, 0.717) is 11.6 Å². The summed E-state index contributed by atoms with van der Waals surface area (Å²) in [7, 11) is 0. The lowest BCUT2D eigenvalue weighted by molar-refractivity contribution is 0.719. The van der Waals surface area contributed by atoms with Crippen LogP contribution >= 0.6 is 0 Å². The van der Waals surface area contributed by atoms with E-state index in [1.54, 1.807) is 6.07 Å². The number of benzene rings is 1. The van der Waals surface area contributed by atoms with E-state index in [1.807, 2.05) is 24.3 Å². The average Bonchev–Trinajstić information content (AvgIpc) is 2.26. The second kappa shape index (κ2) is 5.87. The Morgan fingerprint density at radius 2 is 2.40 bits per heavy atom. The lowest BCUT2D eigenvalue weighted by Gasteiger charge is -2.14. The molecule has 1 atom stereocenters. The van der Waals surface area contributed by atoms with Crippen LogP contribution in [0.5, 0.6) is 0 Å². The van der Waals surface area contributed by atoms with E-state index in [-0.39, 0.29) is 0 Å². The maximum Gasteiger partial charge on any atom is 0.0992 e. The van der Waals surface area contributed by atoms with E-state index in [9.17, 15) is 0 Å². The van der Waals surface area contributed by atoms with Crippen LogP contribution < -0.4 is 5.32 Å². The SMILES string of the molecule is C=CCC[C@@H](C)Nc1cccc(C#N)c1. The first-order valence-corrected chi connectivity index (χ1v) is 5.14. The highest BCUT2D eigenvalue weighted by Crippen LogP contribution is 2.12. The number of allylic oxidation sites excluding steroid dienone is 1. The zero-order valence-electron chi connectivity index (χ0n) is 9.03. The summed E-state index contributed by atoms with van der Waals surface area (Å²) in [6.45, 7) is 5.82. The fourth-order valence-electron chi connectivity index (χ4n) is 1.40. The summed E-state index contributed by atoms with van der Waals surface area (Å²) in [5.41, 5.74) is 1.70. The smallest absolute Gasteiger partial charge is 0.0992 e. The number of hydrogen-bond donors (Lipinski definition) is 1. The van der Waals surface area contributed by atoms with Gasteiger partial charge in [0.1, 0.15) is 0 Å². The zero-order valence-corrected chi connectivity index (χ0v) is 9.03. The summed E-state index contributed by atoms with van der Waals surface area (Å²) in [6.07, 6.45) is 3.98. The molecule has 0 aliphatic carbocycles. The van der Waals surface area contributed by atoms with Crippen molar-refractivity contribution in [1.29, 1.82) is 5.26 Å². The largest absolute Gasteiger partial charge is 0.383 e. The number of nitrogens with one attached hydrogen (secondary N) is 1. The molecular formula is C13H16N2. The molecule has 2 nitrogen and oxygen atoms in total. The van der Waals surface area contributed by atoms with E-state index >= 15 is 0 Å². The molecule has 0 heterocycles. The topological polar surface area (TPSA) is 35.8 Å². The summed E-state index contributed by atoms with van der Waals surface area (Å²) in [5.74, 6) is 0. The van der Waals surface area contributed by atoms with Crippen LogP contribution in [-0.4, -0.2) is 6.04 Å². The lowest BCUT2D eigenvalue weighted by atomic mass is 10.1. The van der Waals surface area contributed by atoms with Crippen molar-refractivity contribution in [1.82, 2.24) is 0 Å². The number of rotatable bonds is 5. The number of hydrogen-bond acceptors (Lipinski definition) is 2. The monoisotopic (exact) mass is 200 g/mol. The van der Waals surface area contributed by atoms with Crippen LogP contribution in [0, 0.1) is 11.3 Å². The zero-order chi connectivity index (χ0) is 11.1. The second-order valence-corrected chi connectivity index (χ2v) is 3.60. The predicted molar refractivity (Wildman–Crippen MR) is 63.7 cm³/mol. The molecule has 1 N–H and O–H groups in total. The van der Waals surface area contributed by atoms with Gasteiger partial charge in [0.15, 0.2) is 0 Å². The Labute approximate surface area is 91.2 Å². The second-order valence-electron chi connectivity index (χ2n) is 3.60. The Morgan fingerprint density at radius 3 is 3.07 bits per heavy atom. The first kappa shape index (κ1) is 11.3. The molecule has 1 rings (SSSR count). The molecule has 2 heteroatoms. The van der Waals surface area contributed by atoms with Gasteiger partial charge in [0.2, 0.25) is 0 Å². The molecule has 1 aromatic rings. The molecule has 0 aliphatic heterocycles. The van der Waals surface area contributed by atoms with E-state index in [4.69, 9.17) is 5.26 Å². The third kappa shape index (κ3) is 3.86. The van der Waals surface area contributed by atoms with Crippen molar-refractivity contribution in [3.05, 3.63) is 42.5 Å². The van der Waals surface area contributed by atoms with Crippen LogP contribution in [0.4, 0.5) is 5.69 Å². The Balaban J connectivity index is 2.56. The highest BCUT2D eigenvalue weighted by atomic mass is 14.9. The Morgan fingerprint density at radius 1 is 1.60 bits per heavy atom. The molecule has 0 aliphatic rings. The van der Waals surface area contributed by atoms with Gasteiger partial charge in [-0.15, -0.1) is 6.58 Å². The van der Waals surface area contributed by atoms with Crippen LogP contribution in [0.25, 0.3) is 0 Å². The summed E-state index contributed by atoms with van der Waals surface area (Å²) in [6, 6.07) is 10.1. The van der Waals surface area contributed by atoms with Crippen molar-refractivity contribution in [2.75, 3.05) is 5.32 Å². The van der Waals surface area contributed by atoms with Crippen LogP contribution in [0.1, 0.15) is 25.3 Å². The van der Waals surface area contributed by atoms with Crippen LogP contribution in [0.15, 0.2) is 36.9 Å². The number of anilines is 1. The first-order valence-electron chi connectivity index (χ1n) is 5.14. The predicted octanol–water partition coefficient (Wildman–Crippen LogP) is 3.32. The van der Waals surface area contributed by atoms with Gasteiger partial charge in [-0.2, -0.15) is 5.26 Å². The molecule has 0 radical (unpaired) electrons. The molecule has 0 bridgehead atoms. The molecule has 0 unspecified atom stereocenters. The lowest BCUT2D eigenvalue weighted by Crippen LogP contribution is -2.14. The Kier molecular flexibility index (Phi) is 4.43. The molecular weight excluding hydrogens is 184 g/mol. The van der Waals surface area contributed by atoms with Gasteiger partial charge in [0.25, 0.3) is 0 Å². The van der Waals surface area contributed by atoms with E-state index in [2.05, 4.69) is 24.9 Å². The van der Waals surface area contributed by atoms with Crippen molar-refractivity contribution >= 4 is 5.69 Å². The Bertz CT molecular complexity index is 363. The minimum absolute atomic E-state index is 0.400. The number of nitriles is 1. The van der Waals surface area contributed by atoms with E-state index in [1.165, 1.54) is 0 Å². The maximum absolute atomic E-state index is 8.75. The molecule has 0 fully saturated rings. The minimum Gasteiger partial charge on any atom is -0.383 e. The van der Waals surface area contributed by atoms with Crippen molar-refractivity contribution in [2.24, 2.45) is 0 Å². The minimum atomic E-state index is 0.400. The third-order valence-electron chi connectivity index (χ3n) is 2.21. The quantitative estimate of drug-likeness (QED) is 0.740. The summed E-state index contributed by atoms with van der Waals surface area (Å²) in [4.78, 5) is 0. The van der Waals surface area contributed by atoms with Crippen molar-refractivity contribution in [2.45, 2.75) is 25.8 Å². The summed E-state index contributed by atoms with van der Waals surface area (Å²) >= 11 is 0. The highest BCUT2D eigenvalue weighted by Gasteiger charge is 2.00. The van der Waals surface area contributed by atoms with Crippen molar-refractivity contribution in [3.63, 3.8) is 0 Å². The summed E-state index contributed by atoms with van der Waals surface area (Å²) in [5, 5.41) is 12.1. The van der Waals surface area contributed by atoms with Gasteiger partial charge in [0.05, 0.1) is 11.6 Å². The number of nitrogens with zero attached hydrogens (tertiary/aromatic N) is 1. The molecule has 1 aromatic carbocycles. The maximum atomic E-state index is 8.75. The van der Waals surface area contributed by atoms with Gasteiger partial charge in [-0.3, -0.25) is 0 Å². The van der Waals surface area contributed by atoms with Crippen molar-refractivity contribution in [3.8, 4) is 6.07 Å². The van der Waals surface area contributed by atoms with E-state index < -0.39 is 0 Å². The van der Waals surface area contributed by atoms with Gasteiger partial charge in [0, 0.05) is 11.7 Å². The van der Waals surface area contributed by atoms with Crippen molar-refractivity contribution < 1.29 is 0 Å².